The normalized spacial score (nSPS) is 12.8. The maximum absolute atomic E-state index is 8.80. The lowest BCUT2D eigenvalue weighted by molar-refractivity contribution is 0.251. The fourth-order valence-corrected chi connectivity index (χ4v) is 1.76. The minimum absolute atomic E-state index is 0.131. The van der Waals surface area contributed by atoms with Crippen LogP contribution in [-0.2, 0) is 6.54 Å². The van der Waals surface area contributed by atoms with E-state index >= 15 is 0 Å². The SMILES string of the molecule is COc1ccsc1CN[C@H](C)CO. The molecule has 0 aliphatic heterocycles. The van der Waals surface area contributed by atoms with Crippen LogP contribution in [0.4, 0.5) is 0 Å². The van der Waals surface area contributed by atoms with Crippen molar-refractivity contribution in [2.24, 2.45) is 0 Å². The van der Waals surface area contributed by atoms with E-state index in [-0.39, 0.29) is 12.6 Å². The second-order valence-corrected chi connectivity index (χ2v) is 3.88. The van der Waals surface area contributed by atoms with E-state index in [9.17, 15) is 0 Å². The Morgan fingerprint density at radius 3 is 3.08 bits per heavy atom. The summed E-state index contributed by atoms with van der Waals surface area (Å²) in [5.74, 6) is 0.919. The number of rotatable bonds is 5. The zero-order valence-corrected chi connectivity index (χ0v) is 8.73. The van der Waals surface area contributed by atoms with Gasteiger partial charge in [-0.15, -0.1) is 11.3 Å². The van der Waals surface area contributed by atoms with E-state index in [1.807, 2.05) is 18.4 Å². The van der Waals surface area contributed by atoms with Gasteiger partial charge in [-0.05, 0) is 18.4 Å². The predicted octanol–water partition coefficient (Wildman–Crippen LogP) is 1.23. The lowest BCUT2D eigenvalue weighted by Crippen LogP contribution is -2.28. The molecule has 1 aromatic heterocycles. The fourth-order valence-electron chi connectivity index (χ4n) is 0.971. The van der Waals surface area contributed by atoms with Gasteiger partial charge >= 0.3 is 0 Å². The smallest absolute Gasteiger partial charge is 0.134 e. The summed E-state index contributed by atoms with van der Waals surface area (Å²) >= 11 is 1.66. The van der Waals surface area contributed by atoms with Crippen LogP contribution in [0, 0.1) is 0 Å². The number of aliphatic hydroxyl groups is 1. The second-order valence-electron chi connectivity index (χ2n) is 2.88. The fraction of sp³-hybridized carbons (Fsp3) is 0.556. The monoisotopic (exact) mass is 201 g/mol. The molecule has 0 spiro atoms. The van der Waals surface area contributed by atoms with Crippen molar-refractivity contribution in [3.63, 3.8) is 0 Å². The Morgan fingerprint density at radius 1 is 1.69 bits per heavy atom. The van der Waals surface area contributed by atoms with Crippen LogP contribution < -0.4 is 10.1 Å². The molecule has 0 radical (unpaired) electrons. The first kappa shape index (κ1) is 10.5. The average Bonchev–Trinajstić information content (AvgIpc) is 2.61. The number of ether oxygens (including phenoxy) is 1. The summed E-state index contributed by atoms with van der Waals surface area (Å²) in [6.07, 6.45) is 0. The molecule has 0 unspecified atom stereocenters. The van der Waals surface area contributed by atoms with Gasteiger partial charge in [0, 0.05) is 12.6 Å². The second kappa shape index (κ2) is 5.21. The first-order chi connectivity index (χ1) is 6.27. The van der Waals surface area contributed by atoms with Crippen LogP contribution >= 0.6 is 11.3 Å². The van der Waals surface area contributed by atoms with Crippen LogP contribution in [0.2, 0.25) is 0 Å². The lowest BCUT2D eigenvalue weighted by Gasteiger charge is -2.10. The van der Waals surface area contributed by atoms with Gasteiger partial charge in [0.1, 0.15) is 5.75 Å². The molecule has 1 heterocycles. The largest absolute Gasteiger partial charge is 0.496 e. The first-order valence-electron chi connectivity index (χ1n) is 4.22. The first-order valence-corrected chi connectivity index (χ1v) is 5.10. The molecule has 3 nitrogen and oxygen atoms in total. The van der Waals surface area contributed by atoms with Gasteiger partial charge in [0.2, 0.25) is 0 Å². The molecule has 0 aliphatic rings. The quantitative estimate of drug-likeness (QED) is 0.753. The van der Waals surface area contributed by atoms with Crippen molar-refractivity contribution in [2.45, 2.75) is 19.5 Å². The van der Waals surface area contributed by atoms with Crippen LogP contribution in [0.5, 0.6) is 5.75 Å². The van der Waals surface area contributed by atoms with Crippen molar-refractivity contribution in [2.75, 3.05) is 13.7 Å². The predicted molar refractivity (Wildman–Crippen MR) is 54.3 cm³/mol. The standard InChI is InChI=1S/C9H15NO2S/c1-7(6-11)10-5-9-8(12-2)3-4-13-9/h3-4,7,10-11H,5-6H2,1-2H3/t7-/m1/s1. The maximum Gasteiger partial charge on any atom is 0.134 e. The van der Waals surface area contributed by atoms with Crippen LogP contribution in [0.25, 0.3) is 0 Å². The van der Waals surface area contributed by atoms with E-state index < -0.39 is 0 Å². The summed E-state index contributed by atoms with van der Waals surface area (Å²) in [6.45, 7) is 2.86. The van der Waals surface area contributed by atoms with Gasteiger partial charge < -0.3 is 15.2 Å². The van der Waals surface area contributed by atoms with Gasteiger partial charge in [-0.1, -0.05) is 0 Å². The van der Waals surface area contributed by atoms with E-state index in [4.69, 9.17) is 9.84 Å². The molecule has 1 rings (SSSR count). The minimum atomic E-state index is 0.131. The van der Waals surface area contributed by atoms with Crippen molar-refractivity contribution >= 4 is 11.3 Å². The molecule has 1 atom stereocenters. The zero-order valence-electron chi connectivity index (χ0n) is 7.91. The van der Waals surface area contributed by atoms with Gasteiger partial charge in [0.25, 0.3) is 0 Å². The number of nitrogens with one attached hydrogen (secondary N) is 1. The van der Waals surface area contributed by atoms with Gasteiger partial charge in [0.05, 0.1) is 18.6 Å². The highest BCUT2D eigenvalue weighted by molar-refractivity contribution is 7.10. The molecule has 0 amide bonds. The van der Waals surface area contributed by atoms with Crippen LogP contribution in [0.1, 0.15) is 11.8 Å². The van der Waals surface area contributed by atoms with E-state index in [0.29, 0.717) is 0 Å². The van der Waals surface area contributed by atoms with Crippen molar-refractivity contribution in [3.05, 3.63) is 16.3 Å². The van der Waals surface area contributed by atoms with Gasteiger partial charge in [0.15, 0.2) is 0 Å². The Morgan fingerprint density at radius 2 is 2.46 bits per heavy atom. The summed E-state index contributed by atoms with van der Waals surface area (Å²) in [5.41, 5.74) is 0. The Bertz CT molecular complexity index is 250. The molecule has 74 valence electrons. The van der Waals surface area contributed by atoms with Gasteiger partial charge in [-0.3, -0.25) is 0 Å². The van der Waals surface area contributed by atoms with Crippen molar-refractivity contribution in [1.29, 1.82) is 0 Å². The Kier molecular flexibility index (Phi) is 4.21. The van der Waals surface area contributed by atoms with E-state index in [1.165, 1.54) is 4.88 Å². The molecule has 2 N–H and O–H groups in total. The Hall–Kier alpha value is -0.580. The summed E-state index contributed by atoms with van der Waals surface area (Å²) < 4.78 is 5.16. The summed E-state index contributed by atoms with van der Waals surface area (Å²) in [7, 11) is 1.67. The average molecular weight is 201 g/mol. The summed E-state index contributed by atoms with van der Waals surface area (Å²) in [5, 5.41) is 14.0. The Balaban J connectivity index is 2.44. The topological polar surface area (TPSA) is 41.5 Å². The lowest BCUT2D eigenvalue weighted by atomic mass is 10.3. The highest BCUT2D eigenvalue weighted by Gasteiger charge is 2.05. The van der Waals surface area contributed by atoms with Gasteiger partial charge in [-0.2, -0.15) is 0 Å². The maximum atomic E-state index is 8.80. The van der Waals surface area contributed by atoms with Crippen LogP contribution in [0.15, 0.2) is 11.4 Å². The van der Waals surface area contributed by atoms with Gasteiger partial charge in [-0.25, -0.2) is 0 Å². The summed E-state index contributed by atoms with van der Waals surface area (Å²) in [6, 6.07) is 2.08. The molecule has 0 saturated carbocycles. The summed E-state index contributed by atoms with van der Waals surface area (Å²) in [4.78, 5) is 1.17. The zero-order chi connectivity index (χ0) is 9.68. The number of thiophene rings is 1. The molecular formula is C9H15NO2S. The van der Waals surface area contributed by atoms with Crippen molar-refractivity contribution in [1.82, 2.24) is 5.32 Å². The third kappa shape index (κ3) is 2.99. The van der Waals surface area contributed by atoms with E-state index in [0.717, 1.165) is 12.3 Å². The van der Waals surface area contributed by atoms with Crippen molar-refractivity contribution < 1.29 is 9.84 Å². The highest BCUT2D eigenvalue weighted by atomic mass is 32.1. The number of hydrogen-bond acceptors (Lipinski definition) is 4. The number of methoxy groups -OCH3 is 1. The number of aliphatic hydroxyl groups excluding tert-OH is 1. The van der Waals surface area contributed by atoms with E-state index in [2.05, 4.69) is 5.32 Å². The molecule has 13 heavy (non-hydrogen) atoms. The minimum Gasteiger partial charge on any atom is -0.496 e. The van der Waals surface area contributed by atoms with E-state index in [1.54, 1.807) is 18.4 Å². The number of hydrogen-bond donors (Lipinski definition) is 2. The Labute approximate surface area is 82.4 Å². The molecule has 0 fully saturated rings. The molecule has 0 saturated heterocycles. The molecule has 1 aromatic rings. The molecule has 0 bridgehead atoms. The molecule has 0 aromatic carbocycles. The van der Waals surface area contributed by atoms with Crippen LogP contribution in [-0.4, -0.2) is 24.9 Å². The molecule has 4 heteroatoms. The third-order valence-corrected chi connectivity index (χ3v) is 2.71. The highest BCUT2D eigenvalue weighted by Crippen LogP contribution is 2.23. The molecular weight excluding hydrogens is 186 g/mol. The third-order valence-electron chi connectivity index (χ3n) is 1.81. The molecule has 0 aliphatic carbocycles. The van der Waals surface area contributed by atoms with Crippen LogP contribution in [0.3, 0.4) is 0 Å². The van der Waals surface area contributed by atoms with Crippen molar-refractivity contribution in [3.8, 4) is 5.75 Å².